The van der Waals surface area contributed by atoms with E-state index in [0.29, 0.717) is 0 Å². The number of aromatic carboxylic acids is 1. The molecule has 0 aliphatic heterocycles. The monoisotopic (exact) mass is 158 g/mol. The number of carboxylic acid groups (broad SMARTS) is 1. The quantitative estimate of drug-likeness (QED) is 0.529. The Morgan fingerprint density at radius 2 is 2.55 bits per heavy atom. The molecule has 0 unspecified atom stereocenters. The average molecular weight is 158 g/mol. The van der Waals surface area contributed by atoms with E-state index in [-0.39, 0.29) is 17.9 Å². The number of nitrogens with one attached hydrogen (secondary N) is 1. The first-order valence-electron chi connectivity index (χ1n) is 2.79. The molecule has 1 aromatic rings. The molecule has 1 rings (SSSR count). The third-order valence-electron chi connectivity index (χ3n) is 1.12. The lowest BCUT2D eigenvalue weighted by Crippen LogP contribution is -2.09. The Morgan fingerprint density at radius 3 is 3.09 bits per heavy atom. The van der Waals surface area contributed by atoms with Crippen LogP contribution in [0.5, 0.6) is 0 Å². The van der Waals surface area contributed by atoms with Crippen LogP contribution in [0.2, 0.25) is 0 Å². The second-order valence-electron chi connectivity index (χ2n) is 1.80. The zero-order valence-electron chi connectivity index (χ0n) is 5.44. The van der Waals surface area contributed by atoms with Crippen molar-refractivity contribution in [2.75, 3.05) is 0 Å². The number of hydrogen-bond acceptors (Lipinski definition) is 5. The minimum absolute atomic E-state index is 0.0495. The SMILES string of the molecule is O=C(O)c1cnoc1CNO. The summed E-state index contributed by atoms with van der Waals surface area (Å²) in [6, 6.07) is 0. The van der Waals surface area contributed by atoms with Gasteiger partial charge in [-0.05, 0) is 0 Å². The van der Waals surface area contributed by atoms with Crippen LogP contribution in [0, 0.1) is 0 Å². The van der Waals surface area contributed by atoms with Crippen molar-refractivity contribution in [2.24, 2.45) is 0 Å². The number of hydrogen-bond donors (Lipinski definition) is 3. The predicted octanol–water partition coefficient (Wildman–Crippen LogP) is -0.148. The lowest BCUT2D eigenvalue weighted by molar-refractivity contribution is 0.0692. The first kappa shape index (κ1) is 7.70. The molecule has 0 atom stereocenters. The van der Waals surface area contributed by atoms with Crippen LogP contribution >= 0.6 is 0 Å². The molecule has 1 heterocycles. The Balaban J connectivity index is 2.87. The highest BCUT2D eigenvalue weighted by Crippen LogP contribution is 2.06. The first-order valence-corrected chi connectivity index (χ1v) is 2.79. The van der Waals surface area contributed by atoms with Gasteiger partial charge >= 0.3 is 5.97 Å². The summed E-state index contributed by atoms with van der Waals surface area (Å²) >= 11 is 0. The average Bonchev–Trinajstić information content (AvgIpc) is 2.36. The van der Waals surface area contributed by atoms with Crippen molar-refractivity contribution < 1.29 is 19.6 Å². The summed E-state index contributed by atoms with van der Waals surface area (Å²) in [6.07, 6.45) is 1.08. The summed E-state index contributed by atoms with van der Waals surface area (Å²) in [5.41, 5.74) is 1.72. The van der Waals surface area contributed by atoms with Crippen molar-refractivity contribution in [3.8, 4) is 0 Å². The molecule has 0 bridgehead atoms. The predicted molar refractivity (Wildman–Crippen MR) is 32.1 cm³/mol. The number of nitrogens with zero attached hydrogens (tertiary/aromatic N) is 1. The van der Waals surface area contributed by atoms with Gasteiger partial charge in [0.15, 0.2) is 5.76 Å². The van der Waals surface area contributed by atoms with Gasteiger partial charge in [-0.2, -0.15) is 5.48 Å². The first-order chi connectivity index (χ1) is 5.25. The zero-order chi connectivity index (χ0) is 8.27. The van der Waals surface area contributed by atoms with E-state index in [0.717, 1.165) is 6.20 Å². The molecule has 0 saturated carbocycles. The minimum Gasteiger partial charge on any atom is -0.478 e. The molecule has 6 heteroatoms. The molecule has 60 valence electrons. The minimum atomic E-state index is -1.13. The Labute approximate surface area is 61.4 Å². The van der Waals surface area contributed by atoms with E-state index in [1.54, 1.807) is 5.48 Å². The van der Waals surface area contributed by atoms with Gasteiger partial charge in [-0.1, -0.05) is 5.16 Å². The molecule has 0 aliphatic rings. The van der Waals surface area contributed by atoms with Crippen LogP contribution in [-0.2, 0) is 6.54 Å². The molecule has 0 amide bonds. The van der Waals surface area contributed by atoms with Crippen LogP contribution < -0.4 is 5.48 Å². The van der Waals surface area contributed by atoms with Crippen molar-refractivity contribution >= 4 is 5.97 Å². The van der Waals surface area contributed by atoms with Gasteiger partial charge in [0.1, 0.15) is 5.56 Å². The van der Waals surface area contributed by atoms with Gasteiger partial charge in [0.05, 0.1) is 12.7 Å². The molecule has 3 N–H and O–H groups in total. The number of carboxylic acids is 1. The number of aromatic nitrogens is 1. The van der Waals surface area contributed by atoms with Gasteiger partial charge in [-0.25, -0.2) is 4.79 Å². The summed E-state index contributed by atoms with van der Waals surface area (Å²) < 4.78 is 4.51. The second kappa shape index (κ2) is 3.13. The number of carbonyl (C=O) groups is 1. The highest BCUT2D eigenvalue weighted by molar-refractivity contribution is 5.88. The van der Waals surface area contributed by atoms with Crippen LogP contribution in [0.25, 0.3) is 0 Å². The lowest BCUT2D eigenvalue weighted by atomic mass is 10.3. The Kier molecular flexibility index (Phi) is 2.19. The molecule has 0 aliphatic carbocycles. The van der Waals surface area contributed by atoms with Crippen LogP contribution in [-0.4, -0.2) is 21.4 Å². The summed E-state index contributed by atoms with van der Waals surface area (Å²) in [5.74, 6) is -1.03. The fourth-order valence-electron chi connectivity index (χ4n) is 0.638. The van der Waals surface area contributed by atoms with E-state index in [1.807, 2.05) is 0 Å². The lowest BCUT2D eigenvalue weighted by Gasteiger charge is -1.92. The van der Waals surface area contributed by atoms with Crippen LogP contribution in [0.1, 0.15) is 16.1 Å². The molecule has 0 radical (unpaired) electrons. The zero-order valence-corrected chi connectivity index (χ0v) is 5.44. The van der Waals surface area contributed by atoms with Gasteiger partial charge < -0.3 is 14.8 Å². The molecule has 0 fully saturated rings. The summed E-state index contributed by atoms with van der Waals surface area (Å²) in [6.45, 7) is -0.0678. The van der Waals surface area contributed by atoms with Gasteiger partial charge in [0, 0.05) is 0 Å². The maximum absolute atomic E-state index is 10.3. The highest BCUT2D eigenvalue weighted by Gasteiger charge is 2.13. The fourth-order valence-corrected chi connectivity index (χ4v) is 0.638. The van der Waals surface area contributed by atoms with Crippen molar-refractivity contribution in [3.05, 3.63) is 17.5 Å². The van der Waals surface area contributed by atoms with Crippen LogP contribution in [0.3, 0.4) is 0 Å². The number of rotatable bonds is 3. The molecule has 6 nitrogen and oxygen atoms in total. The molecule has 0 saturated heterocycles. The molecule has 0 aromatic carbocycles. The highest BCUT2D eigenvalue weighted by atomic mass is 16.5. The van der Waals surface area contributed by atoms with E-state index in [2.05, 4.69) is 9.68 Å². The van der Waals surface area contributed by atoms with E-state index in [4.69, 9.17) is 10.3 Å². The molecule has 1 aromatic heterocycles. The fraction of sp³-hybridized carbons (Fsp3) is 0.200. The van der Waals surface area contributed by atoms with Gasteiger partial charge in [-0.15, -0.1) is 0 Å². The van der Waals surface area contributed by atoms with E-state index >= 15 is 0 Å². The van der Waals surface area contributed by atoms with E-state index in [1.165, 1.54) is 0 Å². The normalized spacial score (nSPS) is 9.91. The summed E-state index contributed by atoms with van der Waals surface area (Å²) in [4.78, 5) is 10.3. The Hall–Kier alpha value is -1.40. The standard InChI is InChI=1S/C5H6N2O4/c8-5(9)3-1-7-11-4(3)2-6-10/h1,6,10H,2H2,(H,8,9). The van der Waals surface area contributed by atoms with Crippen LogP contribution in [0.15, 0.2) is 10.7 Å². The summed E-state index contributed by atoms with van der Waals surface area (Å²) in [7, 11) is 0. The van der Waals surface area contributed by atoms with Gasteiger partial charge in [0.25, 0.3) is 0 Å². The van der Waals surface area contributed by atoms with E-state index < -0.39 is 5.97 Å². The van der Waals surface area contributed by atoms with Gasteiger partial charge in [-0.3, -0.25) is 0 Å². The van der Waals surface area contributed by atoms with Crippen molar-refractivity contribution in [2.45, 2.75) is 6.54 Å². The van der Waals surface area contributed by atoms with E-state index in [9.17, 15) is 4.79 Å². The molecular weight excluding hydrogens is 152 g/mol. The smallest absolute Gasteiger partial charge is 0.341 e. The maximum atomic E-state index is 10.3. The summed E-state index contributed by atoms with van der Waals surface area (Å²) in [5, 5.41) is 19.9. The Morgan fingerprint density at radius 1 is 1.82 bits per heavy atom. The molecule has 0 spiro atoms. The third kappa shape index (κ3) is 1.54. The molecule has 11 heavy (non-hydrogen) atoms. The Bertz CT molecular complexity index is 257. The van der Waals surface area contributed by atoms with Crippen molar-refractivity contribution in [1.29, 1.82) is 0 Å². The topological polar surface area (TPSA) is 95.6 Å². The largest absolute Gasteiger partial charge is 0.478 e. The van der Waals surface area contributed by atoms with Crippen LogP contribution in [0.4, 0.5) is 0 Å². The van der Waals surface area contributed by atoms with Gasteiger partial charge in [0.2, 0.25) is 0 Å². The van der Waals surface area contributed by atoms with Crippen molar-refractivity contribution in [3.63, 3.8) is 0 Å². The second-order valence-corrected chi connectivity index (χ2v) is 1.80. The molecular formula is C5H6N2O4. The van der Waals surface area contributed by atoms with Crippen molar-refractivity contribution in [1.82, 2.24) is 10.6 Å². The maximum Gasteiger partial charge on any atom is 0.341 e. The number of hydroxylamine groups is 1. The third-order valence-corrected chi connectivity index (χ3v) is 1.12.